The smallest absolute Gasteiger partial charge is 0.261 e. The Balaban J connectivity index is 3.39. The van der Waals surface area contributed by atoms with Gasteiger partial charge in [0.25, 0.3) is 6.43 Å². The minimum atomic E-state index is -3.11. The molecule has 1 rings (SSSR count). The van der Waals surface area contributed by atoms with E-state index in [0.29, 0.717) is 0 Å². The molecule has 1 aromatic rings. The van der Waals surface area contributed by atoms with Gasteiger partial charge in [-0.2, -0.15) is 0 Å². The Morgan fingerprint density at radius 1 is 1.29 bits per heavy atom. The number of benzene rings is 1. The Kier molecular flexibility index (Phi) is 5.69. The maximum absolute atomic E-state index is 13.9. The second kappa shape index (κ2) is 6.70. The Hall–Kier alpha value is -1.21. The van der Waals surface area contributed by atoms with E-state index in [0.717, 1.165) is 12.1 Å². The van der Waals surface area contributed by atoms with E-state index in [-0.39, 0.29) is 11.8 Å². The maximum Gasteiger partial charge on any atom is 0.261 e. The van der Waals surface area contributed by atoms with Crippen LogP contribution in [0.4, 0.5) is 13.2 Å². The predicted octanol–water partition coefficient (Wildman–Crippen LogP) is 2.93. The predicted molar refractivity (Wildman–Crippen MR) is 75.8 cm³/mol. The van der Waals surface area contributed by atoms with Crippen LogP contribution in [-0.4, -0.2) is 21.7 Å². The van der Waals surface area contributed by atoms with Gasteiger partial charge in [0.05, 0.1) is 15.7 Å². The lowest BCUT2D eigenvalue weighted by Gasteiger charge is -2.35. The number of hydrogen-bond acceptors (Lipinski definition) is 2. The van der Waals surface area contributed by atoms with Crippen LogP contribution in [0.3, 0.4) is 0 Å². The highest BCUT2D eigenvalue weighted by atomic mass is 32.2. The van der Waals surface area contributed by atoms with Crippen LogP contribution in [0.5, 0.6) is 0 Å². The van der Waals surface area contributed by atoms with E-state index in [2.05, 4.69) is 4.72 Å². The van der Waals surface area contributed by atoms with E-state index >= 15 is 0 Å². The van der Waals surface area contributed by atoms with Crippen molar-refractivity contribution >= 4 is 17.3 Å². The van der Waals surface area contributed by atoms with Gasteiger partial charge in [-0.3, -0.25) is 0 Å². The molecule has 1 aromatic carbocycles. The molecule has 0 bridgehead atoms. The molecule has 0 amide bonds. The summed E-state index contributed by atoms with van der Waals surface area (Å²) in [7, 11) is -1.89. The molecule has 0 aliphatic carbocycles. The highest BCUT2D eigenvalue weighted by Crippen LogP contribution is 2.34. The van der Waals surface area contributed by atoms with Crippen molar-refractivity contribution in [3.63, 3.8) is 0 Å². The normalized spacial score (nSPS) is 16.5. The van der Waals surface area contributed by atoms with E-state index < -0.39 is 39.9 Å². The van der Waals surface area contributed by atoms with Crippen LogP contribution >= 0.6 is 0 Å². The molecule has 0 saturated carbocycles. The molecule has 0 unspecified atom stereocenters. The first-order chi connectivity index (χ1) is 9.65. The summed E-state index contributed by atoms with van der Waals surface area (Å²) in [6.45, 7) is 4.78. The van der Waals surface area contributed by atoms with Crippen molar-refractivity contribution < 1.29 is 22.2 Å². The van der Waals surface area contributed by atoms with Gasteiger partial charge in [0.15, 0.2) is 0 Å². The van der Waals surface area contributed by atoms with E-state index in [1.807, 2.05) is 0 Å². The van der Waals surface area contributed by atoms with E-state index in [9.17, 15) is 22.2 Å². The summed E-state index contributed by atoms with van der Waals surface area (Å²) in [6, 6.07) is 4.94. The highest BCUT2D eigenvalue weighted by molar-refractivity contribution is 7.84. The fourth-order valence-corrected chi connectivity index (χ4v) is 2.65. The molecule has 1 N–H and O–H groups in total. The lowest BCUT2D eigenvalue weighted by atomic mass is 9.88. The van der Waals surface area contributed by atoms with Crippen molar-refractivity contribution in [2.75, 3.05) is 0 Å². The van der Waals surface area contributed by atoms with E-state index in [1.165, 1.54) is 12.1 Å². The number of aldehydes is 1. The van der Waals surface area contributed by atoms with Crippen molar-refractivity contribution in [3.8, 4) is 0 Å². The molecular weight excluding hydrogens is 303 g/mol. The van der Waals surface area contributed by atoms with E-state index in [4.69, 9.17) is 0 Å². The van der Waals surface area contributed by atoms with Gasteiger partial charge in [-0.05, 0) is 26.8 Å². The van der Waals surface area contributed by atoms with Crippen LogP contribution < -0.4 is 4.72 Å². The van der Waals surface area contributed by atoms with Crippen LogP contribution in [0.1, 0.15) is 32.8 Å². The van der Waals surface area contributed by atoms with Crippen LogP contribution in [0, 0.1) is 5.82 Å². The minimum Gasteiger partial charge on any atom is -0.303 e. The number of carbonyl (C=O) groups excluding carboxylic acids is 1. The molecule has 0 fully saturated rings. The van der Waals surface area contributed by atoms with Crippen LogP contribution in [-0.2, 0) is 21.3 Å². The first-order valence-corrected chi connectivity index (χ1v) is 7.46. The third-order valence-electron chi connectivity index (χ3n) is 2.96. The molecule has 0 heterocycles. The summed E-state index contributed by atoms with van der Waals surface area (Å²) in [5.41, 5.74) is -2.68. The summed E-state index contributed by atoms with van der Waals surface area (Å²) in [4.78, 5) is 10.8. The lowest BCUT2D eigenvalue weighted by Crippen LogP contribution is -2.53. The van der Waals surface area contributed by atoms with Gasteiger partial charge >= 0.3 is 0 Å². The first-order valence-electron chi connectivity index (χ1n) is 6.31. The SMILES string of the molecule is CC(C)(C)[S@@](=O)N[C@@](CC=O)(c1ccccc1F)C(F)F. The van der Waals surface area contributed by atoms with Crippen LogP contribution in [0.2, 0.25) is 0 Å². The molecule has 2 atom stereocenters. The summed E-state index contributed by atoms with van der Waals surface area (Å²) in [6.07, 6.45) is -3.52. The second-order valence-electron chi connectivity index (χ2n) is 5.61. The first kappa shape index (κ1) is 17.8. The molecule has 0 spiro atoms. The van der Waals surface area contributed by atoms with Crippen molar-refractivity contribution in [2.24, 2.45) is 0 Å². The molecule has 0 aromatic heterocycles. The van der Waals surface area contributed by atoms with Crippen molar-refractivity contribution in [1.82, 2.24) is 4.72 Å². The number of hydrogen-bond donors (Lipinski definition) is 1. The van der Waals surface area contributed by atoms with Crippen LogP contribution in [0.25, 0.3) is 0 Å². The zero-order valence-corrected chi connectivity index (χ0v) is 12.8. The molecule has 3 nitrogen and oxygen atoms in total. The monoisotopic (exact) mass is 321 g/mol. The standard InChI is InChI=1S/C14H18F3NO2S/c1-13(2,3)21(20)18-14(8-9-19,12(16)17)10-6-4-5-7-11(10)15/h4-7,9,12,18H,8H2,1-3H3/t14-,21+/m0/s1. The number of carbonyl (C=O) groups is 1. The number of rotatable bonds is 6. The summed E-state index contributed by atoms with van der Waals surface area (Å²) >= 11 is 0. The van der Waals surface area contributed by atoms with Gasteiger partial charge in [-0.15, -0.1) is 0 Å². The molecule has 0 radical (unpaired) electrons. The number of nitrogens with one attached hydrogen (secondary N) is 1. The Morgan fingerprint density at radius 3 is 2.29 bits per heavy atom. The van der Waals surface area contributed by atoms with Gasteiger partial charge in [-0.1, -0.05) is 18.2 Å². The quantitative estimate of drug-likeness (QED) is 0.819. The Morgan fingerprint density at radius 2 is 1.86 bits per heavy atom. The molecule has 0 aliphatic rings. The summed E-state index contributed by atoms with van der Waals surface area (Å²) in [5.74, 6) is -0.877. The Labute approximate surface area is 124 Å². The van der Waals surface area contributed by atoms with Crippen LogP contribution in [0.15, 0.2) is 24.3 Å². The van der Waals surface area contributed by atoms with Gasteiger partial charge < -0.3 is 4.79 Å². The minimum absolute atomic E-state index is 0.269. The van der Waals surface area contributed by atoms with Crippen molar-refractivity contribution in [2.45, 2.75) is 43.9 Å². The zero-order chi connectivity index (χ0) is 16.3. The molecule has 7 heteroatoms. The fourth-order valence-electron chi connectivity index (χ4n) is 1.73. The molecular formula is C14H18F3NO2S. The largest absolute Gasteiger partial charge is 0.303 e. The highest BCUT2D eigenvalue weighted by Gasteiger charge is 2.46. The van der Waals surface area contributed by atoms with E-state index in [1.54, 1.807) is 20.8 Å². The third-order valence-corrected chi connectivity index (χ3v) is 4.63. The average molecular weight is 321 g/mol. The van der Waals surface area contributed by atoms with Crippen molar-refractivity contribution in [3.05, 3.63) is 35.6 Å². The van der Waals surface area contributed by atoms with Gasteiger partial charge in [0.1, 0.15) is 17.6 Å². The second-order valence-corrected chi connectivity index (χ2v) is 7.57. The molecule has 21 heavy (non-hydrogen) atoms. The summed E-state index contributed by atoms with van der Waals surface area (Å²) < 4.78 is 54.8. The topological polar surface area (TPSA) is 46.2 Å². The Bertz CT molecular complexity index is 531. The van der Waals surface area contributed by atoms with Gasteiger partial charge in [0, 0.05) is 12.0 Å². The molecule has 118 valence electrons. The van der Waals surface area contributed by atoms with Gasteiger partial charge in [0.2, 0.25) is 0 Å². The number of alkyl halides is 2. The average Bonchev–Trinajstić information content (AvgIpc) is 2.37. The number of halogens is 3. The molecule has 0 aliphatic heterocycles. The van der Waals surface area contributed by atoms with Crippen molar-refractivity contribution in [1.29, 1.82) is 0 Å². The zero-order valence-electron chi connectivity index (χ0n) is 12.0. The third kappa shape index (κ3) is 3.91. The lowest BCUT2D eigenvalue weighted by molar-refractivity contribution is -0.111. The molecule has 0 saturated heterocycles. The summed E-state index contributed by atoms with van der Waals surface area (Å²) in [5, 5.41) is 0. The maximum atomic E-state index is 13.9. The van der Waals surface area contributed by atoms with Gasteiger partial charge in [-0.25, -0.2) is 22.1 Å². The fraction of sp³-hybridized carbons (Fsp3) is 0.500.